The maximum Gasteiger partial charge on any atom is 0.306 e. The minimum Gasteiger partial charge on any atom is -0.462 e. The summed E-state index contributed by atoms with van der Waals surface area (Å²) in [5.74, 6) is -0.0699. The van der Waals surface area contributed by atoms with E-state index in [1.54, 1.807) is 0 Å². The zero-order valence-electron chi connectivity index (χ0n) is 28.9. The fraction of sp³-hybridized carbons (Fsp3) is 0.919. The zero-order valence-corrected chi connectivity index (χ0v) is 28.9. The van der Waals surface area contributed by atoms with Gasteiger partial charge in [0.2, 0.25) is 0 Å². The molecule has 0 saturated heterocycles. The van der Waals surface area contributed by atoms with Gasteiger partial charge in [0, 0.05) is 19.3 Å². The topological polar surface area (TPSA) is 78.9 Å². The van der Waals surface area contributed by atoms with Gasteiger partial charge in [0.15, 0.2) is 6.10 Å². The van der Waals surface area contributed by atoms with Crippen molar-refractivity contribution >= 4 is 17.9 Å². The monoisotopic (exact) mass is 611 g/mol. The molecule has 254 valence electrons. The summed E-state index contributed by atoms with van der Waals surface area (Å²) in [6.07, 6.45) is 27.0. The van der Waals surface area contributed by atoms with Crippen LogP contribution in [0.3, 0.4) is 0 Å². The summed E-state index contributed by atoms with van der Waals surface area (Å²) in [4.78, 5) is 37.0. The van der Waals surface area contributed by atoms with E-state index in [-0.39, 0.29) is 31.1 Å². The van der Waals surface area contributed by atoms with E-state index in [0.29, 0.717) is 19.3 Å². The summed E-state index contributed by atoms with van der Waals surface area (Å²) in [5, 5.41) is 0. The third-order valence-corrected chi connectivity index (χ3v) is 8.04. The molecule has 0 aromatic carbocycles. The second kappa shape index (κ2) is 31.8. The average molecular weight is 611 g/mol. The molecule has 0 aromatic heterocycles. The first-order valence-corrected chi connectivity index (χ1v) is 18.4. The second-order valence-electron chi connectivity index (χ2n) is 13.0. The molecular weight excluding hydrogens is 540 g/mol. The molecule has 0 aliphatic carbocycles. The standard InChI is InChI=1S/C37H70O6/c1-5-7-9-11-16-21-24-28-35(38)41-31-34(43-37(40)30-26-19-10-8-6-2)32-42-36(39)29-25-22-18-15-13-12-14-17-20-23-27-33(3)4/h33-34H,5-32H2,1-4H3/t34-/m1/s1. The third-order valence-electron chi connectivity index (χ3n) is 8.04. The van der Waals surface area contributed by atoms with Gasteiger partial charge in [0.05, 0.1) is 0 Å². The van der Waals surface area contributed by atoms with Gasteiger partial charge < -0.3 is 14.2 Å². The van der Waals surface area contributed by atoms with Crippen LogP contribution in [-0.4, -0.2) is 37.2 Å². The van der Waals surface area contributed by atoms with Crippen molar-refractivity contribution in [1.82, 2.24) is 0 Å². The van der Waals surface area contributed by atoms with Crippen molar-refractivity contribution in [3.05, 3.63) is 0 Å². The highest BCUT2D eigenvalue weighted by molar-refractivity contribution is 5.71. The summed E-state index contributed by atoms with van der Waals surface area (Å²) in [5.41, 5.74) is 0. The predicted octanol–water partition coefficient (Wildman–Crippen LogP) is 10.8. The molecule has 0 rings (SSSR count). The van der Waals surface area contributed by atoms with Crippen LogP contribution in [0.2, 0.25) is 0 Å². The summed E-state index contributed by atoms with van der Waals surface area (Å²) in [6.45, 7) is 8.82. The number of carbonyl (C=O) groups is 3. The number of hydrogen-bond donors (Lipinski definition) is 0. The van der Waals surface area contributed by atoms with Crippen LogP contribution in [-0.2, 0) is 28.6 Å². The Kier molecular flexibility index (Phi) is 30.6. The maximum absolute atomic E-state index is 12.4. The molecule has 0 fully saturated rings. The minimum absolute atomic E-state index is 0.0672. The Morgan fingerprint density at radius 2 is 0.767 bits per heavy atom. The molecule has 0 heterocycles. The van der Waals surface area contributed by atoms with Crippen molar-refractivity contribution in [1.29, 1.82) is 0 Å². The van der Waals surface area contributed by atoms with Crippen LogP contribution in [0.5, 0.6) is 0 Å². The fourth-order valence-electron chi connectivity index (χ4n) is 5.21. The Balaban J connectivity index is 4.21. The van der Waals surface area contributed by atoms with Crippen LogP contribution >= 0.6 is 0 Å². The molecule has 0 N–H and O–H groups in total. The first-order chi connectivity index (χ1) is 20.9. The molecular formula is C37H70O6. The smallest absolute Gasteiger partial charge is 0.306 e. The van der Waals surface area contributed by atoms with Gasteiger partial charge in [-0.3, -0.25) is 14.4 Å². The Hall–Kier alpha value is -1.59. The van der Waals surface area contributed by atoms with Gasteiger partial charge in [-0.15, -0.1) is 0 Å². The molecule has 0 unspecified atom stereocenters. The SMILES string of the molecule is CCCCCCCCCC(=O)OC[C@H](COC(=O)CCCCCCCCCCCCC(C)C)OC(=O)CCCCCCC. The first-order valence-electron chi connectivity index (χ1n) is 18.4. The van der Waals surface area contributed by atoms with Gasteiger partial charge in [-0.1, -0.05) is 156 Å². The molecule has 43 heavy (non-hydrogen) atoms. The zero-order chi connectivity index (χ0) is 31.8. The van der Waals surface area contributed by atoms with Gasteiger partial charge in [0.25, 0.3) is 0 Å². The molecule has 0 bridgehead atoms. The average Bonchev–Trinajstić information content (AvgIpc) is 2.98. The molecule has 6 heteroatoms. The van der Waals surface area contributed by atoms with Crippen LogP contribution in [0.1, 0.15) is 195 Å². The van der Waals surface area contributed by atoms with Crippen molar-refractivity contribution in [3.8, 4) is 0 Å². The second-order valence-corrected chi connectivity index (χ2v) is 13.0. The Labute approximate surface area is 266 Å². The lowest BCUT2D eigenvalue weighted by molar-refractivity contribution is -0.167. The quantitative estimate of drug-likeness (QED) is 0.0428. The van der Waals surface area contributed by atoms with E-state index in [0.717, 1.165) is 70.1 Å². The summed E-state index contributed by atoms with van der Waals surface area (Å²) in [7, 11) is 0. The first kappa shape index (κ1) is 41.4. The molecule has 0 aromatic rings. The van der Waals surface area contributed by atoms with Gasteiger partial charge in [-0.25, -0.2) is 0 Å². The van der Waals surface area contributed by atoms with E-state index in [9.17, 15) is 14.4 Å². The van der Waals surface area contributed by atoms with Crippen molar-refractivity contribution in [2.24, 2.45) is 5.92 Å². The van der Waals surface area contributed by atoms with E-state index in [2.05, 4.69) is 27.7 Å². The number of hydrogen-bond acceptors (Lipinski definition) is 6. The van der Waals surface area contributed by atoms with E-state index in [1.165, 1.54) is 83.5 Å². The van der Waals surface area contributed by atoms with Crippen LogP contribution in [0.25, 0.3) is 0 Å². The highest BCUT2D eigenvalue weighted by Gasteiger charge is 2.19. The van der Waals surface area contributed by atoms with Crippen LogP contribution in [0.4, 0.5) is 0 Å². The molecule has 0 aliphatic rings. The number of carbonyl (C=O) groups excluding carboxylic acids is 3. The number of ether oxygens (including phenoxy) is 3. The number of unbranched alkanes of at least 4 members (excludes halogenated alkanes) is 19. The van der Waals surface area contributed by atoms with E-state index < -0.39 is 6.10 Å². The van der Waals surface area contributed by atoms with Crippen molar-refractivity contribution in [3.63, 3.8) is 0 Å². The Bertz CT molecular complexity index is 647. The van der Waals surface area contributed by atoms with Crippen LogP contribution in [0, 0.1) is 5.92 Å². The lowest BCUT2D eigenvalue weighted by Crippen LogP contribution is -2.30. The van der Waals surface area contributed by atoms with Crippen molar-refractivity contribution < 1.29 is 28.6 Å². The molecule has 0 radical (unpaired) electrons. The molecule has 0 amide bonds. The van der Waals surface area contributed by atoms with Crippen LogP contribution in [0.15, 0.2) is 0 Å². The predicted molar refractivity (Wildman–Crippen MR) is 178 cm³/mol. The lowest BCUT2D eigenvalue weighted by atomic mass is 10.0. The number of rotatable bonds is 32. The minimum atomic E-state index is -0.754. The van der Waals surface area contributed by atoms with Gasteiger partial charge >= 0.3 is 17.9 Å². The Morgan fingerprint density at radius 1 is 0.442 bits per heavy atom. The van der Waals surface area contributed by atoms with Gasteiger partial charge in [-0.05, 0) is 25.2 Å². The largest absolute Gasteiger partial charge is 0.462 e. The summed E-state index contributed by atoms with van der Waals surface area (Å²) in [6, 6.07) is 0. The van der Waals surface area contributed by atoms with Crippen molar-refractivity contribution in [2.75, 3.05) is 13.2 Å². The number of esters is 3. The van der Waals surface area contributed by atoms with Crippen molar-refractivity contribution in [2.45, 2.75) is 201 Å². The van der Waals surface area contributed by atoms with Crippen LogP contribution < -0.4 is 0 Å². The van der Waals surface area contributed by atoms with E-state index >= 15 is 0 Å². The highest BCUT2D eigenvalue weighted by Crippen LogP contribution is 2.15. The molecule has 1 atom stereocenters. The molecule has 0 spiro atoms. The summed E-state index contributed by atoms with van der Waals surface area (Å²) >= 11 is 0. The third kappa shape index (κ3) is 31.6. The highest BCUT2D eigenvalue weighted by atomic mass is 16.6. The molecule has 0 aliphatic heterocycles. The van der Waals surface area contributed by atoms with Gasteiger partial charge in [0.1, 0.15) is 13.2 Å². The maximum atomic E-state index is 12.4. The Morgan fingerprint density at radius 3 is 1.14 bits per heavy atom. The normalized spacial score (nSPS) is 11.9. The lowest BCUT2D eigenvalue weighted by Gasteiger charge is -2.18. The molecule has 6 nitrogen and oxygen atoms in total. The summed E-state index contributed by atoms with van der Waals surface area (Å²) < 4.78 is 16.4. The fourth-order valence-corrected chi connectivity index (χ4v) is 5.21. The molecule has 0 saturated carbocycles. The van der Waals surface area contributed by atoms with E-state index in [1.807, 2.05) is 0 Å². The van der Waals surface area contributed by atoms with E-state index in [4.69, 9.17) is 14.2 Å². The van der Waals surface area contributed by atoms with Gasteiger partial charge in [-0.2, -0.15) is 0 Å².